The number of aliphatic hydroxyl groups is 6. The number of hydrogen-bond acceptors (Lipinski definition) is 14. The van der Waals surface area contributed by atoms with Crippen LogP contribution in [0.5, 0.6) is 0 Å². The minimum atomic E-state index is -0.948. The van der Waals surface area contributed by atoms with Crippen LogP contribution in [0.25, 0.3) is 0 Å². The van der Waals surface area contributed by atoms with Gasteiger partial charge in [-0.05, 0) is 12.8 Å². The summed E-state index contributed by atoms with van der Waals surface area (Å²) in [6.07, 6.45) is -4.62. The molecule has 0 rings (SSSR count). The van der Waals surface area contributed by atoms with Gasteiger partial charge < -0.3 is 68.5 Å². The van der Waals surface area contributed by atoms with Gasteiger partial charge in [-0.25, -0.2) is 0 Å². The van der Waals surface area contributed by atoms with Crippen LogP contribution >= 0.6 is 15.9 Å². The van der Waals surface area contributed by atoms with E-state index in [4.69, 9.17) is 37.9 Å². The molecule has 0 spiro atoms. The van der Waals surface area contributed by atoms with Crippen LogP contribution in [0.2, 0.25) is 0 Å². The highest BCUT2D eigenvalue weighted by Crippen LogP contribution is 2.05. The Bertz CT molecular complexity index is 581. The molecule has 0 heterocycles. The van der Waals surface area contributed by atoms with Crippen LogP contribution in [0.3, 0.4) is 0 Å². The van der Waals surface area contributed by atoms with Crippen molar-refractivity contribution < 1.29 is 68.5 Å². The fraction of sp³-hybridized carbons (Fsp3) is 1.00. The van der Waals surface area contributed by atoms with Gasteiger partial charge >= 0.3 is 0 Å². The number of ether oxygens (including phenoxy) is 8. The molecule has 0 saturated heterocycles. The molecule has 0 aromatic rings. The highest BCUT2D eigenvalue weighted by molar-refractivity contribution is 9.09. The Hall–Kier alpha value is -0.0800. The van der Waals surface area contributed by atoms with E-state index in [2.05, 4.69) is 15.9 Å². The van der Waals surface area contributed by atoms with Crippen molar-refractivity contribution >= 4 is 15.9 Å². The van der Waals surface area contributed by atoms with E-state index < -0.39 is 48.8 Å². The van der Waals surface area contributed by atoms with Gasteiger partial charge in [0.2, 0.25) is 0 Å². The van der Waals surface area contributed by atoms with Crippen LogP contribution in [0, 0.1) is 0 Å². The molecular weight excluding hydrogens is 628 g/mol. The van der Waals surface area contributed by atoms with Gasteiger partial charge in [-0.1, -0.05) is 29.8 Å². The number of halogens is 1. The van der Waals surface area contributed by atoms with Crippen LogP contribution in [0.4, 0.5) is 0 Å². The summed E-state index contributed by atoms with van der Waals surface area (Å²) in [7, 11) is 1.52. The average molecular weight is 684 g/mol. The lowest BCUT2D eigenvalue weighted by Crippen LogP contribution is -2.36. The Balaban J connectivity index is 4.71. The van der Waals surface area contributed by atoms with Crippen molar-refractivity contribution in [2.45, 2.75) is 75.5 Å². The molecule has 0 saturated carbocycles. The zero-order valence-corrected chi connectivity index (χ0v) is 26.8. The van der Waals surface area contributed by atoms with E-state index in [-0.39, 0.29) is 85.9 Å². The first-order valence-corrected chi connectivity index (χ1v) is 15.5. The molecule has 8 unspecified atom stereocenters. The molecule has 8 atom stereocenters. The van der Waals surface area contributed by atoms with E-state index in [1.165, 1.54) is 7.11 Å². The summed E-state index contributed by atoms with van der Waals surface area (Å²) in [6.45, 7) is 4.23. The molecule has 0 aliphatic heterocycles. The number of aliphatic hydroxyl groups excluding tert-OH is 6. The third-order valence-electron chi connectivity index (χ3n) is 5.60. The van der Waals surface area contributed by atoms with Gasteiger partial charge in [0.15, 0.2) is 0 Å². The van der Waals surface area contributed by atoms with E-state index in [1.807, 2.05) is 13.8 Å². The summed E-state index contributed by atoms with van der Waals surface area (Å²) in [5.74, 6) is 0. The number of hydrogen-bond donors (Lipinski definition) is 6. The number of rotatable bonds is 31. The van der Waals surface area contributed by atoms with Crippen molar-refractivity contribution in [3.8, 4) is 0 Å². The first kappa shape index (κ1) is 41.9. The predicted octanol–water partition coefficient (Wildman–Crippen LogP) is -1.13. The first-order valence-electron chi connectivity index (χ1n) is 14.4. The van der Waals surface area contributed by atoms with Gasteiger partial charge in [-0.15, -0.1) is 0 Å². The van der Waals surface area contributed by atoms with Gasteiger partial charge in [0.25, 0.3) is 0 Å². The number of alkyl halides is 1. The van der Waals surface area contributed by atoms with Crippen LogP contribution in [-0.2, 0) is 37.9 Å². The second-order valence-corrected chi connectivity index (χ2v) is 10.6. The molecule has 14 nitrogen and oxygen atoms in total. The highest BCUT2D eigenvalue weighted by Gasteiger charge is 2.19. The van der Waals surface area contributed by atoms with Crippen molar-refractivity contribution in [2.24, 2.45) is 0 Å². The summed E-state index contributed by atoms with van der Waals surface area (Å²) < 4.78 is 43.9. The predicted molar refractivity (Wildman–Crippen MR) is 156 cm³/mol. The Morgan fingerprint density at radius 3 is 1.17 bits per heavy atom. The summed E-state index contributed by atoms with van der Waals surface area (Å²) in [5, 5.41) is 59.3. The first-order chi connectivity index (χ1) is 20.1. The highest BCUT2D eigenvalue weighted by atomic mass is 79.9. The van der Waals surface area contributed by atoms with E-state index in [9.17, 15) is 30.6 Å². The molecule has 0 amide bonds. The molecule has 15 heteroatoms. The van der Waals surface area contributed by atoms with Crippen LogP contribution in [-0.4, -0.2) is 178 Å². The monoisotopic (exact) mass is 682 g/mol. The van der Waals surface area contributed by atoms with Crippen LogP contribution in [0.1, 0.15) is 26.7 Å². The second-order valence-electron chi connectivity index (χ2n) is 9.95. The zero-order chi connectivity index (χ0) is 31.6. The second kappa shape index (κ2) is 28.4. The zero-order valence-electron chi connectivity index (χ0n) is 25.3. The lowest BCUT2D eigenvalue weighted by molar-refractivity contribution is -0.131. The lowest BCUT2D eigenvalue weighted by atomic mass is 10.3. The third-order valence-corrected chi connectivity index (χ3v) is 6.35. The molecule has 0 aromatic carbocycles. The van der Waals surface area contributed by atoms with Gasteiger partial charge in [0.1, 0.15) is 30.5 Å². The van der Waals surface area contributed by atoms with Crippen molar-refractivity contribution in [3.63, 3.8) is 0 Å². The Morgan fingerprint density at radius 2 is 0.762 bits per heavy atom. The van der Waals surface area contributed by atoms with Crippen molar-refractivity contribution in [3.05, 3.63) is 0 Å². The Kier molecular flexibility index (Phi) is 28.3. The van der Waals surface area contributed by atoms with Crippen LogP contribution in [0.15, 0.2) is 0 Å². The summed E-state index contributed by atoms with van der Waals surface area (Å²) >= 11 is 3.14. The molecule has 0 bridgehead atoms. The molecule has 6 N–H and O–H groups in total. The number of methoxy groups -OCH3 is 1. The average Bonchev–Trinajstić information content (AvgIpc) is 2.97. The summed E-state index contributed by atoms with van der Waals surface area (Å²) in [5.41, 5.74) is 0. The molecule has 254 valence electrons. The van der Waals surface area contributed by atoms with Crippen molar-refractivity contribution in [1.82, 2.24) is 0 Å². The SMILES string of the molecule is CCC(O)COCC(O)COCC(COC)OCC(COCC(O)COCC(O)CBr)OCC(O)COCC(O)CC. The van der Waals surface area contributed by atoms with E-state index in [0.29, 0.717) is 18.2 Å². The molecule has 0 aliphatic carbocycles. The standard InChI is InChI=1S/C27H55BrO14/c1-4-20(29)7-36-10-23(32)12-39-17-26(16-35-3)42-19-27(41-15-25(34)14-37-8-21(30)5-2)18-40-13-24(33)11-38-9-22(31)6-28/h20-27,29-34H,4-19H2,1-3H3. The molecule has 0 fully saturated rings. The molecular formula is C27H55BrO14. The maximum absolute atomic E-state index is 10.2. The molecule has 42 heavy (non-hydrogen) atoms. The maximum Gasteiger partial charge on any atom is 0.104 e. The van der Waals surface area contributed by atoms with Crippen molar-refractivity contribution in [1.29, 1.82) is 0 Å². The van der Waals surface area contributed by atoms with Crippen LogP contribution < -0.4 is 0 Å². The largest absolute Gasteiger partial charge is 0.391 e. The Labute approximate surface area is 258 Å². The van der Waals surface area contributed by atoms with Crippen molar-refractivity contribution in [2.75, 3.05) is 98.3 Å². The lowest BCUT2D eigenvalue weighted by Gasteiger charge is -2.24. The third kappa shape index (κ3) is 25.3. The quantitative estimate of drug-likeness (QED) is 0.0481. The van der Waals surface area contributed by atoms with Gasteiger partial charge in [-0.2, -0.15) is 0 Å². The summed E-state index contributed by atoms with van der Waals surface area (Å²) in [6, 6.07) is 0. The van der Waals surface area contributed by atoms with E-state index in [0.717, 1.165) is 0 Å². The van der Waals surface area contributed by atoms with Gasteiger partial charge in [0, 0.05) is 12.4 Å². The molecule has 0 aromatic heterocycles. The Morgan fingerprint density at radius 1 is 0.429 bits per heavy atom. The summed E-state index contributed by atoms with van der Waals surface area (Å²) in [4.78, 5) is 0. The minimum Gasteiger partial charge on any atom is -0.391 e. The minimum absolute atomic E-state index is 0.000379. The smallest absolute Gasteiger partial charge is 0.104 e. The molecule has 0 radical (unpaired) electrons. The van der Waals surface area contributed by atoms with E-state index in [1.54, 1.807) is 0 Å². The van der Waals surface area contributed by atoms with E-state index >= 15 is 0 Å². The molecule has 0 aliphatic rings. The fourth-order valence-electron chi connectivity index (χ4n) is 3.08. The normalized spacial score (nSPS) is 17.9. The fourth-order valence-corrected chi connectivity index (χ4v) is 3.27. The maximum atomic E-state index is 10.2. The topological polar surface area (TPSA) is 195 Å². The van der Waals surface area contributed by atoms with Gasteiger partial charge in [-0.3, -0.25) is 0 Å². The van der Waals surface area contributed by atoms with Gasteiger partial charge in [0.05, 0.1) is 104 Å².